The SMILES string of the molecule is CCOC(=O)[C@@H](OS(=O)(=O)c1ccc([N+](=O)[O-])cc1)[C@@H](O[Si](C)(C)C(C)(C)C)[C@H](CC(=O)OC(C)(C)C)NC(=O)OCc1ccccc1. The Morgan fingerprint density at radius 1 is 0.938 bits per heavy atom. The van der Waals surface area contributed by atoms with Crippen LogP contribution in [0.1, 0.15) is 60.5 Å². The zero-order chi connectivity index (χ0) is 36.5. The Hall–Kier alpha value is -3.86. The highest BCUT2D eigenvalue weighted by Gasteiger charge is 2.48. The predicted molar refractivity (Wildman–Crippen MR) is 178 cm³/mol. The number of carbonyl (C=O) groups is 3. The maximum atomic E-state index is 13.6. The minimum Gasteiger partial charge on any atom is -0.464 e. The summed E-state index contributed by atoms with van der Waals surface area (Å²) in [5.74, 6) is -1.94. The van der Waals surface area contributed by atoms with Crippen molar-refractivity contribution in [2.24, 2.45) is 0 Å². The number of amides is 1. The molecule has 0 spiro atoms. The highest BCUT2D eigenvalue weighted by Crippen LogP contribution is 2.39. The second kappa shape index (κ2) is 16.5. The fourth-order valence-electron chi connectivity index (χ4n) is 3.98. The van der Waals surface area contributed by atoms with E-state index in [0.29, 0.717) is 5.56 Å². The number of alkyl carbamates (subject to hydrolysis) is 1. The molecule has 1 amide bonds. The third kappa shape index (κ3) is 12.3. The Kier molecular flexibility index (Phi) is 13.9. The van der Waals surface area contributed by atoms with Crippen LogP contribution in [0, 0.1) is 10.1 Å². The molecule has 0 aliphatic heterocycles. The molecular weight excluding hydrogens is 665 g/mol. The lowest BCUT2D eigenvalue weighted by molar-refractivity contribution is -0.384. The highest BCUT2D eigenvalue weighted by molar-refractivity contribution is 7.86. The van der Waals surface area contributed by atoms with Gasteiger partial charge in [0.15, 0.2) is 8.32 Å². The number of ether oxygens (including phenoxy) is 3. The molecule has 16 heteroatoms. The lowest BCUT2D eigenvalue weighted by atomic mass is 10.0. The van der Waals surface area contributed by atoms with E-state index in [1.54, 1.807) is 51.1 Å². The fourth-order valence-corrected chi connectivity index (χ4v) is 6.34. The van der Waals surface area contributed by atoms with Crippen LogP contribution >= 0.6 is 0 Å². The molecule has 2 aromatic rings. The highest BCUT2D eigenvalue weighted by atomic mass is 32.2. The summed E-state index contributed by atoms with van der Waals surface area (Å²) < 4.78 is 55.4. The number of nitro benzene ring substituents is 1. The Balaban J connectivity index is 2.68. The van der Waals surface area contributed by atoms with Crippen LogP contribution in [0.5, 0.6) is 0 Å². The van der Waals surface area contributed by atoms with Crippen LogP contribution in [0.3, 0.4) is 0 Å². The van der Waals surface area contributed by atoms with Crippen LogP contribution in [0.2, 0.25) is 18.1 Å². The number of hydrogen-bond acceptors (Lipinski definition) is 12. The number of nitro groups is 1. The molecular formula is C32H46N2O12SSi. The van der Waals surface area contributed by atoms with Crippen molar-refractivity contribution in [3.05, 3.63) is 70.3 Å². The molecule has 2 aromatic carbocycles. The molecule has 0 radical (unpaired) electrons. The molecule has 0 heterocycles. The smallest absolute Gasteiger partial charge is 0.407 e. The molecule has 3 atom stereocenters. The number of nitrogens with zero attached hydrogens (tertiary/aromatic N) is 1. The van der Waals surface area contributed by atoms with Gasteiger partial charge in [-0.3, -0.25) is 14.9 Å². The summed E-state index contributed by atoms with van der Waals surface area (Å²) >= 11 is 0. The third-order valence-electron chi connectivity index (χ3n) is 7.34. The molecule has 0 fully saturated rings. The molecule has 0 saturated heterocycles. The summed E-state index contributed by atoms with van der Waals surface area (Å²) in [6.07, 6.45) is -5.25. The molecule has 2 rings (SSSR count). The quantitative estimate of drug-likeness (QED) is 0.0599. The zero-order valence-corrected chi connectivity index (χ0v) is 30.6. The Morgan fingerprint density at radius 3 is 2.02 bits per heavy atom. The van der Waals surface area contributed by atoms with E-state index >= 15 is 0 Å². The molecule has 0 aromatic heterocycles. The van der Waals surface area contributed by atoms with E-state index < -0.39 is 81.6 Å². The predicted octanol–water partition coefficient (Wildman–Crippen LogP) is 5.65. The van der Waals surface area contributed by atoms with E-state index in [0.717, 1.165) is 24.3 Å². The number of hydrogen-bond donors (Lipinski definition) is 1. The van der Waals surface area contributed by atoms with Gasteiger partial charge in [-0.05, 0) is 63.5 Å². The number of rotatable bonds is 15. The summed E-state index contributed by atoms with van der Waals surface area (Å²) in [5.41, 5.74) is -0.625. The van der Waals surface area contributed by atoms with Crippen molar-refractivity contribution in [2.75, 3.05) is 6.61 Å². The minimum absolute atomic E-state index is 0.133. The second-order valence-corrected chi connectivity index (χ2v) is 19.7. The van der Waals surface area contributed by atoms with Crippen molar-refractivity contribution in [3.8, 4) is 0 Å². The number of esters is 2. The van der Waals surface area contributed by atoms with Crippen molar-refractivity contribution in [1.29, 1.82) is 0 Å². The van der Waals surface area contributed by atoms with Gasteiger partial charge in [0.2, 0.25) is 6.10 Å². The van der Waals surface area contributed by atoms with Gasteiger partial charge >= 0.3 is 18.0 Å². The van der Waals surface area contributed by atoms with Gasteiger partial charge in [0.1, 0.15) is 18.3 Å². The van der Waals surface area contributed by atoms with Crippen LogP contribution in [-0.2, 0) is 49.1 Å². The topological polar surface area (TPSA) is 187 Å². The zero-order valence-electron chi connectivity index (χ0n) is 28.8. The maximum Gasteiger partial charge on any atom is 0.407 e. The molecule has 0 unspecified atom stereocenters. The van der Waals surface area contributed by atoms with Crippen molar-refractivity contribution in [3.63, 3.8) is 0 Å². The summed E-state index contributed by atoms with van der Waals surface area (Å²) in [6.45, 7) is 15.5. The van der Waals surface area contributed by atoms with E-state index in [9.17, 15) is 32.9 Å². The van der Waals surface area contributed by atoms with E-state index in [4.69, 9.17) is 22.8 Å². The van der Waals surface area contributed by atoms with E-state index in [-0.39, 0.29) is 18.9 Å². The molecule has 48 heavy (non-hydrogen) atoms. The van der Waals surface area contributed by atoms with Gasteiger partial charge in [0.05, 0.1) is 28.9 Å². The Bertz CT molecular complexity index is 1520. The molecule has 0 aliphatic rings. The molecule has 14 nitrogen and oxygen atoms in total. The number of non-ortho nitro benzene ring substituents is 1. The van der Waals surface area contributed by atoms with Gasteiger partial charge in [0.25, 0.3) is 15.8 Å². The first-order chi connectivity index (χ1) is 22.1. The summed E-state index contributed by atoms with van der Waals surface area (Å²) in [7, 11) is -7.77. The van der Waals surface area contributed by atoms with Gasteiger partial charge in [-0.15, -0.1) is 0 Å². The van der Waals surface area contributed by atoms with Gasteiger partial charge in [0, 0.05) is 12.1 Å². The van der Waals surface area contributed by atoms with E-state index in [2.05, 4.69) is 5.32 Å². The standard InChI is InChI=1S/C32H46N2O12SSi/c1-10-42-29(36)28(45-47(40,41)24-18-16-23(17-19-24)34(38)39)27(46-48(8,9)32(5,6)7)25(20-26(35)44-31(2,3)4)33-30(37)43-21-22-14-12-11-13-15-22/h11-19,25,27-28H,10,20-21H2,1-9H3,(H,33,37)/t25-,27-,28-/m0/s1. The van der Waals surface area contributed by atoms with Gasteiger partial charge in [-0.1, -0.05) is 51.1 Å². The number of carbonyl (C=O) groups excluding carboxylic acids is 3. The summed E-state index contributed by atoms with van der Waals surface area (Å²) in [5, 5.41) is 13.2. The fraction of sp³-hybridized carbons (Fsp3) is 0.531. The van der Waals surface area contributed by atoms with Gasteiger partial charge in [-0.25, -0.2) is 13.8 Å². The summed E-state index contributed by atoms with van der Waals surface area (Å²) in [6, 6.07) is 11.2. The van der Waals surface area contributed by atoms with Crippen molar-refractivity contribution in [1.82, 2.24) is 5.32 Å². The number of nitrogens with one attached hydrogen (secondary N) is 1. The Morgan fingerprint density at radius 2 is 1.52 bits per heavy atom. The normalized spacial score (nSPS) is 14.3. The maximum absolute atomic E-state index is 13.6. The van der Waals surface area contributed by atoms with Crippen LogP contribution in [0.25, 0.3) is 0 Å². The van der Waals surface area contributed by atoms with Crippen LogP contribution in [0.4, 0.5) is 10.5 Å². The third-order valence-corrected chi connectivity index (χ3v) is 13.1. The first-order valence-electron chi connectivity index (χ1n) is 15.3. The monoisotopic (exact) mass is 710 g/mol. The molecule has 266 valence electrons. The van der Waals surface area contributed by atoms with Crippen molar-refractivity contribution in [2.45, 2.75) is 108 Å². The average Bonchev–Trinajstić information content (AvgIpc) is 2.96. The minimum atomic E-state index is -4.82. The van der Waals surface area contributed by atoms with Crippen molar-refractivity contribution >= 4 is 42.2 Å². The number of benzene rings is 2. The largest absolute Gasteiger partial charge is 0.464 e. The molecule has 1 N–H and O–H groups in total. The Labute approximate surface area is 282 Å². The molecule has 0 bridgehead atoms. The van der Waals surface area contributed by atoms with Gasteiger partial charge < -0.3 is 24.0 Å². The molecule has 0 aliphatic carbocycles. The van der Waals surface area contributed by atoms with Crippen LogP contribution in [0.15, 0.2) is 59.5 Å². The first kappa shape index (κ1) is 40.3. The second-order valence-electron chi connectivity index (χ2n) is 13.4. The van der Waals surface area contributed by atoms with E-state index in [1.165, 1.54) is 6.92 Å². The van der Waals surface area contributed by atoms with Crippen LogP contribution < -0.4 is 5.32 Å². The molecule has 0 saturated carbocycles. The summed E-state index contributed by atoms with van der Waals surface area (Å²) in [4.78, 5) is 49.9. The lowest BCUT2D eigenvalue weighted by Gasteiger charge is -2.42. The van der Waals surface area contributed by atoms with E-state index in [1.807, 2.05) is 33.9 Å². The lowest BCUT2D eigenvalue weighted by Crippen LogP contribution is -2.59. The average molecular weight is 711 g/mol. The first-order valence-corrected chi connectivity index (χ1v) is 19.6. The van der Waals surface area contributed by atoms with Crippen LogP contribution in [-0.4, -0.2) is 70.1 Å². The van der Waals surface area contributed by atoms with Crippen molar-refractivity contribution < 1.29 is 50.5 Å². The van der Waals surface area contributed by atoms with Gasteiger partial charge in [-0.2, -0.15) is 8.42 Å².